The standard InChI is InChI=1S/C17H16BrN3O3/c1-9-14(10(2)24-20-9)16-13(8-19-23)21(3)17(18)15(16)11-4-6-12(22)7-5-11/h4-8,22-23H,1-3H3/b19-8+. The lowest BCUT2D eigenvalue weighted by Crippen LogP contribution is -1.97. The average Bonchev–Trinajstić information content (AvgIpc) is 3.00. The van der Waals surface area contributed by atoms with E-state index in [0.29, 0.717) is 11.5 Å². The van der Waals surface area contributed by atoms with E-state index in [2.05, 4.69) is 26.2 Å². The van der Waals surface area contributed by atoms with Crippen LogP contribution in [0.15, 0.2) is 38.5 Å². The number of hydrogen-bond acceptors (Lipinski definition) is 5. The van der Waals surface area contributed by atoms with Gasteiger partial charge in [0.15, 0.2) is 0 Å². The molecule has 1 aromatic carbocycles. The second-order valence-corrected chi connectivity index (χ2v) is 6.23. The van der Waals surface area contributed by atoms with Crippen LogP contribution in [-0.2, 0) is 7.05 Å². The molecule has 0 atom stereocenters. The minimum absolute atomic E-state index is 0.196. The van der Waals surface area contributed by atoms with Crippen LogP contribution in [0.4, 0.5) is 0 Å². The number of nitrogens with zero attached hydrogens (tertiary/aromatic N) is 3. The lowest BCUT2D eigenvalue weighted by molar-refractivity contribution is 0.321. The molecule has 3 aromatic rings. The van der Waals surface area contributed by atoms with E-state index in [9.17, 15) is 5.11 Å². The number of benzene rings is 1. The Balaban J connectivity index is 2.41. The monoisotopic (exact) mass is 389 g/mol. The zero-order valence-corrected chi connectivity index (χ0v) is 15.0. The summed E-state index contributed by atoms with van der Waals surface area (Å²) in [6.45, 7) is 3.71. The van der Waals surface area contributed by atoms with Crippen LogP contribution >= 0.6 is 15.9 Å². The highest BCUT2D eigenvalue weighted by molar-refractivity contribution is 9.10. The zero-order chi connectivity index (χ0) is 17.4. The molecule has 6 nitrogen and oxygen atoms in total. The Hall–Kier alpha value is -2.54. The molecule has 0 spiro atoms. The molecule has 0 unspecified atom stereocenters. The van der Waals surface area contributed by atoms with Crippen LogP contribution in [0.5, 0.6) is 5.75 Å². The van der Waals surface area contributed by atoms with Gasteiger partial charge in [0.25, 0.3) is 0 Å². The highest BCUT2D eigenvalue weighted by Gasteiger charge is 2.26. The third-order valence-electron chi connectivity index (χ3n) is 3.99. The second-order valence-electron chi connectivity index (χ2n) is 5.48. The van der Waals surface area contributed by atoms with Crippen LogP contribution in [0, 0.1) is 13.8 Å². The predicted molar refractivity (Wildman–Crippen MR) is 94.6 cm³/mol. The van der Waals surface area contributed by atoms with E-state index in [1.807, 2.05) is 37.6 Å². The van der Waals surface area contributed by atoms with E-state index in [-0.39, 0.29) is 5.75 Å². The number of phenolic OH excluding ortho intramolecular Hbond substituents is 1. The number of aryl methyl sites for hydroxylation is 2. The van der Waals surface area contributed by atoms with Gasteiger partial charge in [-0.15, -0.1) is 0 Å². The summed E-state index contributed by atoms with van der Waals surface area (Å²) < 4.78 is 8.02. The molecule has 0 saturated heterocycles. The molecule has 2 heterocycles. The van der Waals surface area contributed by atoms with Crippen molar-refractivity contribution < 1.29 is 14.8 Å². The number of aromatic nitrogens is 2. The summed E-state index contributed by atoms with van der Waals surface area (Å²) >= 11 is 3.62. The van der Waals surface area contributed by atoms with Crippen LogP contribution in [0.2, 0.25) is 0 Å². The molecule has 7 heteroatoms. The maximum absolute atomic E-state index is 9.56. The Bertz CT molecular complexity index is 904. The summed E-state index contributed by atoms with van der Waals surface area (Å²) in [6.07, 6.45) is 1.38. The average molecular weight is 390 g/mol. The van der Waals surface area contributed by atoms with E-state index in [0.717, 1.165) is 32.6 Å². The van der Waals surface area contributed by atoms with E-state index in [1.165, 1.54) is 6.21 Å². The largest absolute Gasteiger partial charge is 0.508 e. The Kier molecular flexibility index (Phi) is 4.19. The van der Waals surface area contributed by atoms with Crippen molar-refractivity contribution in [1.82, 2.24) is 9.72 Å². The molecular formula is C17H16BrN3O3. The topological polar surface area (TPSA) is 83.8 Å². The minimum Gasteiger partial charge on any atom is -0.508 e. The molecule has 0 radical (unpaired) electrons. The van der Waals surface area contributed by atoms with Crippen LogP contribution < -0.4 is 0 Å². The molecule has 0 aliphatic rings. The van der Waals surface area contributed by atoms with Gasteiger partial charge in [-0.25, -0.2) is 0 Å². The quantitative estimate of drug-likeness (QED) is 0.398. The fourth-order valence-corrected chi connectivity index (χ4v) is 3.48. The van der Waals surface area contributed by atoms with Crippen molar-refractivity contribution in [2.24, 2.45) is 12.2 Å². The third-order valence-corrected chi connectivity index (χ3v) is 4.92. The lowest BCUT2D eigenvalue weighted by Gasteiger charge is -2.06. The van der Waals surface area contributed by atoms with Gasteiger partial charge in [0.1, 0.15) is 11.5 Å². The van der Waals surface area contributed by atoms with E-state index >= 15 is 0 Å². The van der Waals surface area contributed by atoms with E-state index < -0.39 is 0 Å². The number of aromatic hydroxyl groups is 1. The maximum Gasteiger partial charge on any atom is 0.141 e. The minimum atomic E-state index is 0.196. The van der Waals surface area contributed by atoms with Crippen LogP contribution in [-0.4, -0.2) is 26.3 Å². The molecule has 2 aromatic heterocycles. The van der Waals surface area contributed by atoms with Gasteiger partial charge in [0.2, 0.25) is 0 Å². The predicted octanol–water partition coefficient (Wildman–Crippen LogP) is 4.24. The zero-order valence-electron chi connectivity index (χ0n) is 13.4. The van der Waals surface area contributed by atoms with Gasteiger partial charge >= 0.3 is 0 Å². The van der Waals surface area contributed by atoms with Crippen molar-refractivity contribution >= 4 is 22.1 Å². The first-order valence-corrected chi connectivity index (χ1v) is 8.03. The molecule has 0 amide bonds. The Labute approximate surface area is 147 Å². The van der Waals surface area contributed by atoms with Gasteiger partial charge < -0.3 is 19.4 Å². The van der Waals surface area contributed by atoms with Crippen molar-refractivity contribution in [3.63, 3.8) is 0 Å². The SMILES string of the molecule is Cc1noc(C)c1-c1c(-c2ccc(O)cc2)c(Br)n(C)c1/C=N/O. The summed E-state index contributed by atoms with van der Waals surface area (Å²) in [5, 5.41) is 25.9. The molecule has 124 valence electrons. The molecule has 2 N–H and O–H groups in total. The van der Waals surface area contributed by atoms with Crippen molar-refractivity contribution in [1.29, 1.82) is 0 Å². The van der Waals surface area contributed by atoms with E-state index in [1.54, 1.807) is 12.1 Å². The van der Waals surface area contributed by atoms with Gasteiger partial charge in [-0.05, 0) is 47.5 Å². The number of hydrogen-bond donors (Lipinski definition) is 2. The molecule has 0 saturated carbocycles. The lowest BCUT2D eigenvalue weighted by atomic mass is 9.95. The van der Waals surface area contributed by atoms with Gasteiger partial charge in [-0.3, -0.25) is 0 Å². The highest BCUT2D eigenvalue weighted by atomic mass is 79.9. The first kappa shape index (κ1) is 16.3. The summed E-state index contributed by atoms with van der Waals surface area (Å²) in [5.41, 5.74) is 4.98. The molecule has 0 aliphatic heterocycles. The van der Waals surface area contributed by atoms with Crippen molar-refractivity contribution in [2.45, 2.75) is 13.8 Å². The maximum atomic E-state index is 9.56. The third kappa shape index (κ3) is 2.50. The van der Waals surface area contributed by atoms with Gasteiger partial charge in [-0.1, -0.05) is 22.4 Å². The Morgan fingerprint density at radius 2 is 1.83 bits per heavy atom. The van der Waals surface area contributed by atoms with Crippen LogP contribution in [0.3, 0.4) is 0 Å². The number of rotatable bonds is 3. The fourth-order valence-electron chi connectivity index (χ4n) is 2.86. The first-order valence-electron chi connectivity index (χ1n) is 7.24. The number of phenols is 1. The summed E-state index contributed by atoms with van der Waals surface area (Å²) in [4.78, 5) is 0. The highest BCUT2D eigenvalue weighted by Crippen LogP contribution is 2.44. The number of oxime groups is 1. The van der Waals surface area contributed by atoms with Crippen molar-refractivity contribution in [3.05, 3.63) is 46.0 Å². The molecule has 0 fully saturated rings. The first-order chi connectivity index (χ1) is 11.5. The van der Waals surface area contributed by atoms with Crippen LogP contribution in [0.1, 0.15) is 17.1 Å². The molecule has 3 rings (SSSR count). The number of halogens is 1. The molecule has 0 bridgehead atoms. The fraction of sp³-hybridized carbons (Fsp3) is 0.176. The van der Waals surface area contributed by atoms with Crippen LogP contribution in [0.25, 0.3) is 22.3 Å². The second kappa shape index (κ2) is 6.16. The Morgan fingerprint density at radius 3 is 2.38 bits per heavy atom. The molecular weight excluding hydrogens is 374 g/mol. The Morgan fingerprint density at radius 1 is 1.17 bits per heavy atom. The summed E-state index contributed by atoms with van der Waals surface area (Å²) in [6, 6.07) is 6.92. The summed E-state index contributed by atoms with van der Waals surface area (Å²) in [5.74, 6) is 0.875. The van der Waals surface area contributed by atoms with Gasteiger partial charge in [-0.2, -0.15) is 0 Å². The normalized spacial score (nSPS) is 11.5. The van der Waals surface area contributed by atoms with Crippen molar-refractivity contribution in [2.75, 3.05) is 0 Å². The molecule has 24 heavy (non-hydrogen) atoms. The van der Waals surface area contributed by atoms with Gasteiger partial charge in [0, 0.05) is 18.2 Å². The summed E-state index contributed by atoms with van der Waals surface area (Å²) in [7, 11) is 1.87. The smallest absolute Gasteiger partial charge is 0.141 e. The van der Waals surface area contributed by atoms with E-state index in [4.69, 9.17) is 9.73 Å². The van der Waals surface area contributed by atoms with Gasteiger partial charge in [0.05, 0.1) is 27.8 Å². The molecule has 0 aliphatic carbocycles. The van der Waals surface area contributed by atoms with Crippen molar-refractivity contribution in [3.8, 4) is 28.0 Å².